The molecule has 1 amide bonds. The van der Waals surface area contributed by atoms with Crippen LogP contribution in [0, 0.1) is 0 Å². The van der Waals surface area contributed by atoms with Crippen LogP contribution in [0.3, 0.4) is 0 Å². The van der Waals surface area contributed by atoms with E-state index in [0.29, 0.717) is 25.3 Å². The van der Waals surface area contributed by atoms with Crippen molar-refractivity contribution in [3.8, 4) is 0 Å². The van der Waals surface area contributed by atoms with E-state index in [-0.39, 0.29) is 18.1 Å². The van der Waals surface area contributed by atoms with Gasteiger partial charge in [-0.25, -0.2) is 0 Å². The lowest BCUT2D eigenvalue weighted by Gasteiger charge is -2.03. The highest BCUT2D eigenvalue weighted by molar-refractivity contribution is 5.91. The second-order valence-electron chi connectivity index (χ2n) is 4.51. The van der Waals surface area contributed by atoms with Gasteiger partial charge in [-0.05, 0) is 25.0 Å². The molecule has 0 saturated carbocycles. The maximum Gasteiger partial charge on any atom is 0.303 e. The standard InChI is InChI=1S/C14H21NO5/c1-19-10-11-7-8-12(20-11)14(18)15-9-5-3-2-4-6-13(16)17/h7-8H,2-6,9-10H2,1H3,(H,15,18)(H,16,17). The Morgan fingerprint density at radius 3 is 2.70 bits per heavy atom. The number of carbonyl (C=O) groups excluding carboxylic acids is 1. The molecule has 0 aliphatic rings. The summed E-state index contributed by atoms with van der Waals surface area (Å²) in [5, 5.41) is 11.2. The first-order valence-corrected chi connectivity index (χ1v) is 6.71. The molecular formula is C14H21NO5. The van der Waals surface area contributed by atoms with Crippen LogP contribution in [0.1, 0.15) is 48.4 Å². The van der Waals surface area contributed by atoms with Crippen LogP contribution in [0.15, 0.2) is 16.5 Å². The third-order valence-electron chi connectivity index (χ3n) is 2.78. The first-order chi connectivity index (χ1) is 9.63. The van der Waals surface area contributed by atoms with Crippen molar-refractivity contribution in [2.45, 2.75) is 38.7 Å². The minimum absolute atomic E-state index is 0.209. The average molecular weight is 283 g/mol. The first-order valence-electron chi connectivity index (χ1n) is 6.71. The molecule has 1 aromatic rings. The van der Waals surface area contributed by atoms with E-state index in [2.05, 4.69) is 5.32 Å². The molecule has 20 heavy (non-hydrogen) atoms. The minimum atomic E-state index is -0.761. The number of unbranched alkanes of at least 4 members (excludes halogenated alkanes) is 3. The van der Waals surface area contributed by atoms with E-state index in [9.17, 15) is 9.59 Å². The molecule has 0 bridgehead atoms. The Morgan fingerprint density at radius 1 is 1.25 bits per heavy atom. The van der Waals surface area contributed by atoms with Crippen molar-refractivity contribution in [2.24, 2.45) is 0 Å². The highest BCUT2D eigenvalue weighted by Crippen LogP contribution is 2.09. The number of hydrogen-bond acceptors (Lipinski definition) is 4. The second-order valence-corrected chi connectivity index (χ2v) is 4.51. The molecule has 2 N–H and O–H groups in total. The monoisotopic (exact) mass is 283 g/mol. The number of rotatable bonds is 10. The van der Waals surface area contributed by atoms with Crippen LogP contribution in [0.4, 0.5) is 0 Å². The zero-order valence-electron chi connectivity index (χ0n) is 11.7. The van der Waals surface area contributed by atoms with Gasteiger partial charge in [0, 0.05) is 20.1 Å². The molecule has 1 heterocycles. The highest BCUT2D eigenvalue weighted by atomic mass is 16.5. The molecule has 0 aliphatic carbocycles. The molecule has 0 radical (unpaired) electrons. The molecule has 0 fully saturated rings. The summed E-state index contributed by atoms with van der Waals surface area (Å²) in [5.74, 6) is -0.102. The van der Waals surface area contributed by atoms with Gasteiger partial charge in [0.1, 0.15) is 12.4 Å². The van der Waals surface area contributed by atoms with E-state index < -0.39 is 5.97 Å². The van der Waals surface area contributed by atoms with Crippen molar-refractivity contribution in [1.82, 2.24) is 5.32 Å². The van der Waals surface area contributed by atoms with Gasteiger partial charge in [0.05, 0.1) is 0 Å². The van der Waals surface area contributed by atoms with Gasteiger partial charge in [-0.1, -0.05) is 12.8 Å². The molecule has 6 heteroatoms. The third-order valence-corrected chi connectivity index (χ3v) is 2.78. The fourth-order valence-corrected chi connectivity index (χ4v) is 1.76. The molecule has 1 aromatic heterocycles. The lowest BCUT2D eigenvalue weighted by molar-refractivity contribution is -0.137. The predicted octanol–water partition coefficient (Wildman–Crippen LogP) is 2.19. The Kier molecular flexibility index (Phi) is 7.42. The first kappa shape index (κ1) is 16.2. The lowest BCUT2D eigenvalue weighted by atomic mass is 10.1. The number of carboxylic acid groups (broad SMARTS) is 1. The molecule has 112 valence electrons. The quantitative estimate of drug-likeness (QED) is 0.642. The van der Waals surface area contributed by atoms with Crippen LogP contribution in [0.5, 0.6) is 0 Å². The summed E-state index contributed by atoms with van der Waals surface area (Å²) in [5.41, 5.74) is 0. The topological polar surface area (TPSA) is 88.8 Å². The molecular weight excluding hydrogens is 262 g/mol. The summed E-state index contributed by atoms with van der Waals surface area (Å²) < 4.78 is 10.2. The molecule has 0 spiro atoms. The Morgan fingerprint density at radius 2 is 2.00 bits per heavy atom. The maximum atomic E-state index is 11.7. The molecule has 0 saturated heterocycles. The minimum Gasteiger partial charge on any atom is -0.481 e. The molecule has 0 aliphatic heterocycles. The largest absolute Gasteiger partial charge is 0.481 e. The van der Waals surface area contributed by atoms with Gasteiger partial charge >= 0.3 is 5.97 Å². The number of hydrogen-bond donors (Lipinski definition) is 2. The Bertz CT molecular complexity index is 427. The molecule has 0 unspecified atom stereocenters. The number of furan rings is 1. The lowest BCUT2D eigenvalue weighted by Crippen LogP contribution is -2.23. The summed E-state index contributed by atoms with van der Waals surface area (Å²) in [6, 6.07) is 3.33. The summed E-state index contributed by atoms with van der Waals surface area (Å²) in [4.78, 5) is 22.0. The Balaban J connectivity index is 2.11. The zero-order valence-corrected chi connectivity index (χ0v) is 11.7. The summed E-state index contributed by atoms with van der Waals surface area (Å²) in [7, 11) is 1.56. The van der Waals surface area contributed by atoms with E-state index in [0.717, 1.165) is 19.3 Å². The van der Waals surface area contributed by atoms with Gasteiger partial charge in [0.25, 0.3) is 5.91 Å². The molecule has 0 aromatic carbocycles. The van der Waals surface area contributed by atoms with Crippen molar-refractivity contribution >= 4 is 11.9 Å². The maximum absolute atomic E-state index is 11.7. The zero-order chi connectivity index (χ0) is 14.8. The third kappa shape index (κ3) is 6.38. The van der Waals surface area contributed by atoms with Crippen molar-refractivity contribution in [1.29, 1.82) is 0 Å². The van der Waals surface area contributed by atoms with Crippen LogP contribution in [0.25, 0.3) is 0 Å². The van der Waals surface area contributed by atoms with Gasteiger partial charge < -0.3 is 19.6 Å². The van der Waals surface area contributed by atoms with Crippen LogP contribution in [0.2, 0.25) is 0 Å². The van der Waals surface area contributed by atoms with E-state index in [1.54, 1.807) is 19.2 Å². The van der Waals surface area contributed by atoms with Gasteiger partial charge in [0.15, 0.2) is 5.76 Å². The summed E-state index contributed by atoms with van der Waals surface area (Å²) in [6.07, 6.45) is 3.49. The SMILES string of the molecule is COCc1ccc(C(=O)NCCCCCCC(=O)O)o1. The van der Waals surface area contributed by atoms with Crippen molar-refractivity contribution in [2.75, 3.05) is 13.7 Å². The fourth-order valence-electron chi connectivity index (χ4n) is 1.76. The van der Waals surface area contributed by atoms with Crippen LogP contribution in [-0.2, 0) is 16.1 Å². The number of carboxylic acids is 1. The average Bonchev–Trinajstić information content (AvgIpc) is 2.86. The van der Waals surface area contributed by atoms with Gasteiger partial charge in [0.2, 0.25) is 0 Å². The van der Waals surface area contributed by atoms with Crippen molar-refractivity contribution in [3.63, 3.8) is 0 Å². The summed E-state index contributed by atoms with van der Waals surface area (Å²) in [6.45, 7) is 0.906. The highest BCUT2D eigenvalue weighted by Gasteiger charge is 2.10. The Hall–Kier alpha value is -1.82. The number of carbonyl (C=O) groups is 2. The van der Waals surface area contributed by atoms with Crippen molar-refractivity contribution < 1.29 is 23.8 Å². The van der Waals surface area contributed by atoms with Crippen LogP contribution >= 0.6 is 0 Å². The molecule has 6 nitrogen and oxygen atoms in total. The van der Waals surface area contributed by atoms with E-state index in [1.165, 1.54) is 0 Å². The molecule has 1 rings (SSSR count). The number of nitrogens with one attached hydrogen (secondary N) is 1. The predicted molar refractivity (Wildman–Crippen MR) is 72.5 cm³/mol. The normalized spacial score (nSPS) is 10.4. The number of ether oxygens (including phenoxy) is 1. The van der Waals surface area contributed by atoms with Gasteiger partial charge in [-0.2, -0.15) is 0 Å². The molecule has 0 atom stereocenters. The second kappa shape index (κ2) is 9.14. The van der Waals surface area contributed by atoms with E-state index >= 15 is 0 Å². The van der Waals surface area contributed by atoms with Gasteiger partial charge in [-0.15, -0.1) is 0 Å². The van der Waals surface area contributed by atoms with Crippen LogP contribution < -0.4 is 5.32 Å². The number of amides is 1. The van der Waals surface area contributed by atoms with E-state index in [4.69, 9.17) is 14.3 Å². The van der Waals surface area contributed by atoms with E-state index in [1.807, 2.05) is 0 Å². The Labute approximate surface area is 118 Å². The fraction of sp³-hybridized carbons (Fsp3) is 0.571. The summed E-state index contributed by atoms with van der Waals surface area (Å²) >= 11 is 0. The van der Waals surface area contributed by atoms with Crippen molar-refractivity contribution in [3.05, 3.63) is 23.7 Å². The van der Waals surface area contributed by atoms with Crippen LogP contribution in [-0.4, -0.2) is 30.6 Å². The number of aliphatic carboxylic acids is 1. The number of methoxy groups -OCH3 is 1. The van der Waals surface area contributed by atoms with Gasteiger partial charge in [-0.3, -0.25) is 9.59 Å². The smallest absolute Gasteiger partial charge is 0.303 e.